The molecule has 0 bridgehead atoms. The van der Waals surface area contributed by atoms with Crippen LogP contribution in [0.3, 0.4) is 0 Å². The van der Waals surface area contributed by atoms with E-state index in [2.05, 4.69) is 17.2 Å². The summed E-state index contributed by atoms with van der Waals surface area (Å²) in [6, 6.07) is -3.82. The van der Waals surface area contributed by atoms with Gasteiger partial charge in [-0.3, -0.25) is 9.59 Å². The molecular formula is C55H92N2O39. The van der Waals surface area contributed by atoms with Gasteiger partial charge < -0.3 is 194 Å². The molecule has 0 aliphatic carbocycles. The average Bonchev–Trinajstić information content (AvgIpc) is 0.769. The van der Waals surface area contributed by atoms with E-state index in [1.165, 1.54) is 19.9 Å². The number of aliphatic hydroxyl groups excluding tert-OH is 21. The predicted octanol–water partition coefficient (Wildman–Crippen LogP) is -14.9. The van der Waals surface area contributed by atoms with Crippen molar-refractivity contribution in [2.45, 2.75) is 273 Å². The molecule has 0 aromatic rings. The summed E-state index contributed by atoms with van der Waals surface area (Å²) in [6.07, 6.45) is -72.0. The van der Waals surface area contributed by atoms with Crippen molar-refractivity contribution in [1.82, 2.24) is 10.6 Å². The molecule has 40 atom stereocenters. The van der Waals surface area contributed by atoms with Gasteiger partial charge in [-0.05, 0) is 13.8 Å². The minimum Gasteiger partial charge on any atom is -0.394 e. The number of ether oxygens (including phenoxy) is 16. The van der Waals surface area contributed by atoms with Gasteiger partial charge in [0.15, 0.2) is 50.3 Å². The van der Waals surface area contributed by atoms with Crippen molar-refractivity contribution in [1.29, 1.82) is 0 Å². The third-order valence-electron chi connectivity index (χ3n) is 17.7. The van der Waals surface area contributed by atoms with E-state index in [0.29, 0.717) is 0 Å². The summed E-state index contributed by atoms with van der Waals surface area (Å²) >= 11 is 0. The molecule has 0 radical (unpaired) electrons. The normalized spacial score (nSPS) is 50.3. The monoisotopic (exact) mass is 1400 g/mol. The highest BCUT2D eigenvalue weighted by molar-refractivity contribution is 5.73. The number of rotatable bonds is 25. The zero-order valence-corrected chi connectivity index (χ0v) is 52.1. The van der Waals surface area contributed by atoms with Gasteiger partial charge in [-0.25, -0.2) is 0 Å². The Morgan fingerprint density at radius 1 is 0.323 bits per heavy atom. The Balaban J connectivity index is 1.07. The first kappa shape index (κ1) is 78.9. The highest BCUT2D eigenvalue weighted by Gasteiger charge is 2.61. The first-order valence-corrected chi connectivity index (χ1v) is 30.9. The minimum absolute atomic E-state index is 0.153. The molecule has 0 aromatic heterocycles. The quantitative estimate of drug-likeness (QED) is 0.0377. The number of hydrogen-bond acceptors (Lipinski definition) is 39. The van der Waals surface area contributed by atoms with E-state index in [-0.39, 0.29) is 6.61 Å². The van der Waals surface area contributed by atoms with Crippen molar-refractivity contribution in [3.05, 3.63) is 12.7 Å². The maximum Gasteiger partial charge on any atom is 0.217 e. The average molecular weight is 1410 g/mol. The van der Waals surface area contributed by atoms with E-state index in [1.54, 1.807) is 0 Å². The molecule has 2 amide bonds. The van der Waals surface area contributed by atoms with Gasteiger partial charge in [0.05, 0.1) is 58.5 Å². The van der Waals surface area contributed by atoms with Gasteiger partial charge in [0.1, 0.15) is 183 Å². The number of aliphatic hydroxyl groups is 21. The third kappa shape index (κ3) is 17.0. The van der Waals surface area contributed by atoms with Gasteiger partial charge in [0.2, 0.25) is 11.8 Å². The topological polar surface area (TPSA) is 631 Å². The third-order valence-corrected chi connectivity index (χ3v) is 17.7. The van der Waals surface area contributed by atoms with Gasteiger partial charge in [-0.2, -0.15) is 0 Å². The second kappa shape index (κ2) is 34.4. The molecule has 41 nitrogen and oxygen atoms in total. The minimum atomic E-state index is -2.37. The molecule has 8 aliphatic heterocycles. The van der Waals surface area contributed by atoms with Crippen molar-refractivity contribution in [2.75, 3.05) is 46.2 Å². The Hall–Kier alpha value is -2.80. The molecule has 8 fully saturated rings. The van der Waals surface area contributed by atoms with Crippen LogP contribution < -0.4 is 10.6 Å². The molecule has 96 heavy (non-hydrogen) atoms. The summed E-state index contributed by atoms with van der Waals surface area (Å²) in [7, 11) is 0. The molecule has 8 aliphatic rings. The van der Waals surface area contributed by atoms with Crippen LogP contribution in [0.25, 0.3) is 0 Å². The van der Waals surface area contributed by atoms with Crippen molar-refractivity contribution in [2.24, 2.45) is 0 Å². The first-order valence-electron chi connectivity index (χ1n) is 30.9. The number of amides is 2. The Morgan fingerprint density at radius 3 is 1.09 bits per heavy atom. The molecule has 0 unspecified atom stereocenters. The highest BCUT2D eigenvalue weighted by Crippen LogP contribution is 2.40. The molecule has 0 aromatic carbocycles. The molecular weight excluding hydrogens is 1310 g/mol. The van der Waals surface area contributed by atoms with E-state index in [1.807, 2.05) is 0 Å². The van der Waals surface area contributed by atoms with Crippen LogP contribution in [-0.2, 0) is 85.4 Å². The lowest BCUT2D eigenvalue weighted by Gasteiger charge is -2.52. The molecule has 0 saturated carbocycles. The van der Waals surface area contributed by atoms with E-state index >= 15 is 0 Å². The molecule has 41 heteroatoms. The maximum absolute atomic E-state index is 13.4. The maximum atomic E-state index is 13.4. The molecule has 556 valence electrons. The Labute approximate surface area is 546 Å². The summed E-state index contributed by atoms with van der Waals surface area (Å²) in [5, 5.41) is 237. The van der Waals surface area contributed by atoms with Crippen molar-refractivity contribution < 1.29 is 193 Å². The standard InChI is InChI=1S/C55H92N2O39/c1-6-7-81-50-38(78)35(75)42(22(12-62)89-50)91-54-39(79)45(29(69)19(9-59)85-54)94-48-24(56-16(4)64)31(71)41(21(11-61)87-48)90-53-40(80)46(30(70)20(10-60)84-53)95-49-25(57-17(5)65)44(93-51-36(76)32(72)26(66)14(2)82-51)43(23(13-63)88-49)92-55-47(34(74)28(68)18(8-58)86-55)96-52-37(77)33(73)27(67)15(3)83-52/h6,14-15,18-55,58-63,66-80H,1,7-13H2,2-5H3,(H,56,64)(H,57,65)/t14-,15-,18+,19+,20+,21+,22+,23+,24+,25+,26+,27+,28-,29-,30-,31+,32+,33+,34-,35+,36-,37-,38+,39+,40+,41+,42+,43+,44+,45-,46-,47+,48-,49-,50+,51-,52-,53-,54-,55-/m0/s1. The van der Waals surface area contributed by atoms with E-state index in [4.69, 9.17) is 75.8 Å². The van der Waals surface area contributed by atoms with Gasteiger partial charge in [-0.1, -0.05) is 6.08 Å². The van der Waals surface area contributed by atoms with Crippen molar-refractivity contribution >= 4 is 11.8 Å². The van der Waals surface area contributed by atoms with E-state index < -0.39 is 297 Å². The van der Waals surface area contributed by atoms with Crippen LogP contribution in [0.2, 0.25) is 0 Å². The summed E-state index contributed by atoms with van der Waals surface area (Å²) in [6.45, 7) is 1.52. The predicted molar refractivity (Wildman–Crippen MR) is 299 cm³/mol. The Morgan fingerprint density at radius 2 is 0.646 bits per heavy atom. The van der Waals surface area contributed by atoms with Crippen LogP contribution in [0, 0.1) is 0 Å². The van der Waals surface area contributed by atoms with Crippen LogP contribution in [-0.4, -0.2) is 411 Å². The summed E-state index contributed by atoms with van der Waals surface area (Å²) in [5.74, 6) is -1.85. The SMILES string of the molecule is C=CCO[C@@H]1O[C@H](CO)[C@@H](O[C@@H]2O[C@H](CO)[C@H](O)[C@H](O[C@@H]3O[C@H](CO)[C@@H](O[C@@H]4O[C@H](CO)[C@H](O)[C@H](O[C@@H]5O[C@H](CO)[C@@H](O[C@@H]6O[C@H](CO)[C@H](O)[C@H](O)[C@H]6O[C@@H]6O[C@@H](C)[C@@H](O)[C@@H](O)[C@@H]6O)[C@H](O[C@@H]6O[C@@H](C)[C@@H](O)[C@@H](O)[C@@H]6O)[C@H]5NC(C)=O)[C@H]4O)[C@H](O)[C@H]3NC(C)=O)[C@H]2O)[C@H](O)[C@H]1O. The fourth-order valence-corrected chi connectivity index (χ4v) is 12.4. The molecule has 8 saturated heterocycles. The lowest BCUT2D eigenvalue weighted by Crippen LogP contribution is -2.72. The Kier molecular flexibility index (Phi) is 28.3. The Bertz CT molecular complexity index is 2440. The van der Waals surface area contributed by atoms with Crippen LogP contribution >= 0.6 is 0 Å². The van der Waals surface area contributed by atoms with E-state index in [9.17, 15) is 117 Å². The van der Waals surface area contributed by atoms with Crippen LogP contribution in [0.15, 0.2) is 12.7 Å². The number of nitrogens with one attached hydrogen (secondary N) is 2. The summed E-state index contributed by atoms with van der Waals surface area (Å²) < 4.78 is 94.3. The molecule has 0 spiro atoms. The lowest BCUT2D eigenvalue weighted by atomic mass is 9.93. The van der Waals surface area contributed by atoms with Gasteiger partial charge >= 0.3 is 0 Å². The van der Waals surface area contributed by atoms with Gasteiger partial charge in [-0.15, -0.1) is 6.58 Å². The van der Waals surface area contributed by atoms with Gasteiger partial charge in [0.25, 0.3) is 0 Å². The van der Waals surface area contributed by atoms with Gasteiger partial charge in [0, 0.05) is 13.8 Å². The molecule has 23 N–H and O–H groups in total. The molecule has 8 heterocycles. The first-order chi connectivity index (χ1) is 45.5. The number of hydrogen-bond donors (Lipinski definition) is 23. The van der Waals surface area contributed by atoms with Crippen molar-refractivity contribution in [3.8, 4) is 0 Å². The number of carbonyl (C=O) groups excluding carboxylic acids is 2. The zero-order chi connectivity index (χ0) is 70.6. The largest absolute Gasteiger partial charge is 0.394 e. The van der Waals surface area contributed by atoms with Crippen molar-refractivity contribution in [3.63, 3.8) is 0 Å². The zero-order valence-electron chi connectivity index (χ0n) is 52.1. The summed E-state index contributed by atoms with van der Waals surface area (Å²) in [4.78, 5) is 26.2. The lowest BCUT2D eigenvalue weighted by molar-refractivity contribution is -0.401. The van der Waals surface area contributed by atoms with Crippen LogP contribution in [0.5, 0.6) is 0 Å². The highest BCUT2D eigenvalue weighted by atomic mass is 16.8. The molecule has 8 rings (SSSR count). The van der Waals surface area contributed by atoms with Crippen LogP contribution in [0.1, 0.15) is 27.7 Å². The fourth-order valence-electron chi connectivity index (χ4n) is 12.4. The fraction of sp³-hybridized carbons (Fsp3) is 0.927. The smallest absolute Gasteiger partial charge is 0.217 e. The van der Waals surface area contributed by atoms with E-state index in [0.717, 1.165) is 13.8 Å². The van der Waals surface area contributed by atoms with Crippen LogP contribution in [0.4, 0.5) is 0 Å². The second-order valence-corrected chi connectivity index (χ2v) is 24.4. The second-order valence-electron chi connectivity index (χ2n) is 24.4. The number of carbonyl (C=O) groups is 2. The summed E-state index contributed by atoms with van der Waals surface area (Å²) in [5.41, 5.74) is 0.